The number of nitrogens with one attached hydrogen (secondary N) is 2. The van der Waals surface area contributed by atoms with E-state index in [-0.39, 0.29) is 25.0 Å². The number of aromatic nitrogens is 2. The van der Waals surface area contributed by atoms with Gasteiger partial charge in [-0.2, -0.15) is 0 Å². The summed E-state index contributed by atoms with van der Waals surface area (Å²) >= 11 is 0. The third-order valence-corrected chi connectivity index (χ3v) is 4.02. The molecular formula is C20H22N4O3. The summed E-state index contributed by atoms with van der Waals surface area (Å²) in [5.74, 6) is -0.147. The number of likely N-dealkylation sites (N-methyl/N-ethyl adjacent to an activating group) is 1. The predicted octanol–water partition coefficient (Wildman–Crippen LogP) is 2.09. The van der Waals surface area contributed by atoms with Crippen LogP contribution in [0.1, 0.15) is 28.5 Å². The summed E-state index contributed by atoms with van der Waals surface area (Å²) in [6.45, 7) is 4.51. The molecule has 7 nitrogen and oxygen atoms in total. The summed E-state index contributed by atoms with van der Waals surface area (Å²) in [7, 11) is 0. The Hall–Kier alpha value is -3.35. The summed E-state index contributed by atoms with van der Waals surface area (Å²) in [6.07, 6.45) is 3.83. The van der Waals surface area contributed by atoms with Gasteiger partial charge in [0.05, 0.1) is 17.8 Å². The number of amides is 2. The van der Waals surface area contributed by atoms with Gasteiger partial charge in [-0.25, -0.2) is 4.98 Å². The molecule has 0 unspecified atom stereocenters. The summed E-state index contributed by atoms with van der Waals surface area (Å²) in [6, 6.07) is 10.9. The van der Waals surface area contributed by atoms with Crippen LogP contribution in [0.3, 0.4) is 0 Å². The largest absolute Gasteiger partial charge is 0.486 e. The molecule has 0 aliphatic heterocycles. The number of carbonyl (C=O) groups is 2. The molecule has 0 bridgehead atoms. The zero-order valence-electron chi connectivity index (χ0n) is 15.4. The first-order valence-electron chi connectivity index (χ1n) is 8.78. The van der Waals surface area contributed by atoms with Crippen molar-refractivity contribution < 1.29 is 14.3 Å². The fourth-order valence-electron chi connectivity index (χ4n) is 2.72. The Balaban J connectivity index is 1.69. The molecule has 3 aromatic rings. The molecule has 1 aromatic carbocycles. The van der Waals surface area contributed by atoms with Crippen LogP contribution in [0.15, 0.2) is 48.8 Å². The highest BCUT2D eigenvalue weighted by Gasteiger charge is 2.14. The summed E-state index contributed by atoms with van der Waals surface area (Å²) < 4.78 is 7.77. The maximum absolute atomic E-state index is 12.4. The zero-order chi connectivity index (χ0) is 19.2. The van der Waals surface area contributed by atoms with Gasteiger partial charge < -0.3 is 19.8 Å². The quantitative estimate of drug-likeness (QED) is 0.671. The van der Waals surface area contributed by atoms with Crippen molar-refractivity contribution in [3.05, 3.63) is 65.6 Å². The van der Waals surface area contributed by atoms with Crippen LogP contribution in [-0.4, -0.2) is 34.3 Å². The Morgan fingerprint density at radius 2 is 1.96 bits per heavy atom. The number of imidazole rings is 1. The van der Waals surface area contributed by atoms with Gasteiger partial charge >= 0.3 is 0 Å². The van der Waals surface area contributed by atoms with Crippen LogP contribution in [0.2, 0.25) is 0 Å². The van der Waals surface area contributed by atoms with Crippen molar-refractivity contribution in [1.82, 2.24) is 20.0 Å². The molecule has 0 aliphatic carbocycles. The number of para-hydroxylation sites is 1. The van der Waals surface area contributed by atoms with Crippen molar-refractivity contribution >= 4 is 17.5 Å². The van der Waals surface area contributed by atoms with E-state index in [1.165, 1.54) is 0 Å². The fourth-order valence-corrected chi connectivity index (χ4v) is 2.72. The predicted molar refractivity (Wildman–Crippen MR) is 102 cm³/mol. The lowest BCUT2D eigenvalue weighted by molar-refractivity contribution is -0.120. The number of ether oxygens (including phenoxy) is 1. The smallest absolute Gasteiger partial charge is 0.255 e. The van der Waals surface area contributed by atoms with E-state index in [4.69, 9.17) is 4.74 Å². The summed E-state index contributed by atoms with van der Waals surface area (Å²) in [4.78, 5) is 28.5. The third kappa shape index (κ3) is 4.44. The van der Waals surface area contributed by atoms with Gasteiger partial charge in [0, 0.05) is 18.9 Å². The molecule has 2 heterocycles. The summed E-state index contributed by atoms with van der Waals surface area (Å²) in [5.41, 5.74) is 3.10. The van der Waals surface area contributed by atoms with Gasteiger partial charge in [-0.15, -0.1) is 0 Å². The molecule has 0 saturated carbocycles. The molecule has 3 rings (SSSR count). The molecule has 27 heavy (non-hydrogen) atoms. The van der Waals surface area contributed by atoms with Crippen molar-refractivity contribution in [2.45, 2.75) is 20.5 Å². The normalized spacial score (nSPS) is 10.6. The molecule has 2 N–H and O–H groups in total. The maximum Gasteiger partial charge on any atom is 0.255 e. The highest BCUT2D eigenvalue weighted by Crippen LogP contribution is 2.19. The Morgan fingerprint density at radius 3 is 2.74 bits per heavy atom. The van der Waals surface area contributed by atoms with Gasteiger partial charge in [-0.3, -0.25) is 9.59 Å². The van der Waals surface area contributed by atoms with E-state index >= 15 is 0 Å². The first-order valence-corrected chi connectivity index (χ1v) is 8.78. The molecule has 0 fully saturated rings. The average molecular weight is 366 g/mol. The number of nitrogens with zero attached hydrogens (tertiary/aromatic N) is 2. The Morgan fingerprint density at radius 1 is 1.15 bits per heavy atom. The number of hydrogen-bond acceptors (Lipinski definition) is 4. The second-order valence-electron chi connectivity index (χ2n) is 6.08. The second kappa shape index (κ2) is 8.35. The van der Waals surface area contributed by atoms with Crippen LogP contribution in [0.25, 0.3) is 5.65 Å². The molecule has 7 heteroatoms. The van der Waals surface area contributed by atoms with Gasteiger partial charge in [0.25, 0.3) is 5.91 Å². The zero-order valence-corrected chi connectivity index (χ0v) is 15.4. The average Bonchev–Trinajstić information content (AvgIpc) is 3.09. The molecule has 0 atom stereocenters. The van der Waals surface area contributed by atoms with E-state index in [0.29, 0.717) is 17.9 Å². The lowest BCUT2D eigenvalue weighted by atomic mass is 10.2. The number of hydrogen-bond donors (Lipinski definition) is 2. The van der Waals surface area contributed by atoms with Gasteiger partial charge in [0.2, 0.25) is 5.91 Å². The minimum atomic E-state index is -0.359. The van der Waals surface area contributed by atoms with E-state index in [2.05, 4.69) is 15.6 Å². The molecule has 0 saturated heterocycles. The minimum absolute atomic E-state index is 0.0767. The lowest BCUT2D eigenvalue weighted by Gasteiger charge is -2.11. The molecule has 0 aliphatic rings. The Bertz CT molecular complexity index is 965. The molecule has 2 amide bonds. The van der Waals surface area contributed by atoms with Crippen molar-refractivity contribution in [2.24, 2.45) is 0 Å². The fraction of sp³-hybridized carbons (Fsp3) is 0.250. The number of pyridine rings is 1. The number of aryl methyl sites for hydroxylation is 1. The molecule has 2 aromatic heterocycles. The summed E-state index contributed by atoms with van der Waals surface area (Å²) in [5, 5.41) is 5.24. The van der Waals surface area contributed by atoms with Crippen LogP contribution in [-0.2, 0) is 11.4 Å². The van der Waals surface area contributed by atoms with Crippen LogP contribution in [0.5, 0.6) is 5.75 Å². The molecule has 140 valence electrons. The third-order valence-electron chi connectivity index (χ3n) is 4.02. The maximum atomic E-state index is 12.4. The number of rotatable bonds is 7. The Labute approximate surface area is 157 Å². The monoisotopic (exact) mass is 366 g/mol. The van der Waals surface area contributed by atoms with Crippen LogP contribution < -0.4 is 15.4 Å². The highest BCUT2D eigenvalue weighted by molar-refractivity contribution is 5.98. The van der Waals surface area contributed by atoms with Crippen LogP contribution >= 0.6 is 0 Å². The lowest BCUT2D eigenvalue weighted by Crippen LogP contribution is -2.36. The number of fused-ring (bicyclic) bond motifs is 1. The number of benzene rings is 1. The van der Waals surface area contributed by atoms with Gasteiger partial charge in [-0.1, -0.05) is 18.2 Å². The Kier molecular flexibility index (Phi) is 5.71. The van der Waals surface area contributed by atoms with Crippen molar-refractivity contribution in [2.75, 3.05) is 13.1 Å². The van der Waals surface area contributed by atoms with Gasteiger partial charge in [-0.05, 0) is 37.6 Å². The minimum Gasteiger partial charge on any atom is -0.486 e. The van der Waals surface area contributed by atoms with E-state index in [9.17, 15) is 9.59 Å². The van der Waals surface area contributed by atoms with Crippen molar-refractivity contribution in [1.29, 1.82) is 0 Å². The van der Waals surface area contributed by atoms with Gasteiger partial charge in [0.15, 0.2) is 0 Å². The van der Waals surface area contributed by atoms with Gasteiger partial charge in [0.1, 0.15) is 18.0 Å². The van der Waals surface area contributed by atoms with E-state index in [1.54, 1.807) is 24.3 Å². The second-order valence-corrected chi connectivity index (χ2v) is 6.08. The van der Waals surface area contributed by atoms with E-state index in [1.807, 2.05) is 42.8 Å². The standard InChI is InChI=1S/C20H22N4O3/c1-3-21-18(25)11-22-20(26)16-8-4-5-9-17(16)27-13-15-12-24-10-6-7-14(2)19(24)23-15/h4-10,12H,3,11,13H2,1-2H3,(H,21,25)(H,22,26). The molecular weight excluding hydrogens is 344 g/mol. The molecule has 0 spiro atoms. The van der Waals surface area contributed by atoms with Crippen LogP contribution in [0.4, 0.5) is 0 Å². The topological polar surface area (TPSA) is 84.7 Å². The first-order chi connectivity index (χ1) is 13.1. The van der Waals surface area contributed by atoms with E-state index < -0.39 is 0 Å². The van der Waals surface area contributed by atoms with E-state index in [0.717, 1.165) is 16.9 Å². The molecule has 0 radical (unpaired) electrons. The first kappa shape index (κ1) is 18.4. The SMILES string of the molecule is CCNC(=O)CNC(=O)c1ccccc1OCc1cn2cccc(C)c2n1. The highest BCUT2D eigenvalue weighted by atomic mass is 16.5. The van der Waals surface area contributed by atoms with Crippen molar-refractivity contribution in [3.63, 3.8) is 0 Å². The number of carbonyl (C=O) groups excluding carboxylic acids is 2. The van der Waals surface area contributed by atoms with Crippen LogP contribution in [0, 0.1) is 6.92 Å². The van der Waals surface area contributed by atoms with Crippen molar-refractivity contribution in [3.8, 4) is 5.75 Å².